The maximum atomic E-state index is 12.5. The van der Waals surface area contributed by atoms with Crippen molar-refractivity contribution in [1.29, 1.82) is 0 Å². The quantitative estimate of drug-likeness (QED) is 0.559. The van der Waals surface area contributed by atoms with Crippen LogP contribution in [-0.2, 0) is 14.3 Å². The van der Waals surface area contributed by atoms with Crippen LogP contribution in [0.15, 0.2) is 59.7 Å². The molecule has 2 aliphatic heterocycles. The van der Waals surface area contributed by atoms with Crippen LogP contribution in [0.1, 0.15) is 39.6 Å². The molecular formula is C22H19N3O5. The third kappa shape index (κ3) is 3.47. The minimum absolute atomic E-state index is 0.248. The summed E-state index contributed by atoms with van der Waals surface area (Å²) in [6.07, 6.45) is 0.606. The highest BCUT2D eigenvalue weighted by molar-refractivity contribution is 6.22. The fraction of sp³-hybridized carbons (Fsp3) is 0.227. The fourth-order valence-electron chi connectivity index (χ4n) is 3.46. The predicted octanol–water partition coefficient (Wildman–Crippen LogP) is 1.85. The summed E-state index contributed by atoms with van der Waals surface area (Å²) in [4.78, 5) is 50.6. The average molecular weight is 405 g/mol. The van der Waals surface area contributed by atoms with Crippen LogP contribution in [0.2, 0.25) is 0 Å². The molecule has 0 saturated heterocycles. The van der Waals surface area contributed by atoms with Gasteiger partial charge in [-0.15, -0.1) is 0 Å². The topological polar surface area (TPSA) is 96.3 Å². The number of benzene rings is 2. The number of fused-ring (bicyclic) bond motifs is 1. The minimum atomic E-state index is -1.15. The van der Waals surface area contributed by atoms with Crippen molar-refractivity contribution in [1.82, 2.24) is 9.91 Å². The van der Waals surface area contributed by atoms with Crippen LogP contribution < -0.4 is 0 Å². The van der Waals surface area contributed by atoms with Crippen molar-refractivity contribution < 1.29 is 23.9 Å². The second-order valence-corrected chi connectivity index (χ2v) is 6.99. The van der Waals surface area contributed by atoms with Gasteiger partial charge in [0.2, 0.25) is 0 Å². The molecule has 2 aromatic rings. The van der Waals surface area contributed by atoms with Crippen LogP contribution in [0.4, 0.5) is 0 Å². The van der Waals surface area contributed by atoms with Gasteiger partial charge in [-0.1, -0.05) is 42.5 Å². The van der Waals surface area contributed by atoms with Gasteiger partial charge >= 0.3 is 5.97 Å². The van der Waals surface area contributed by atoms with Crippen molar-refractivity contribution in [2.45, 2.75) is 19.4 Å². The number of carbonyl (C=O) groups is 4. The minimum Gasteiger partial charge on any atom is -0.454 e. The Hall–Kier alpha value is -3.81. The molecule has 1 unspecified atom stereocenters. The van der Waals surface area contributed by atoms with Crippen molar-refractivity contribution in [3.05, 3.63) is 71.3 Å². The number of nitrogens with zero attached hydrogens (tertiary/aromatic N) is 3. The Balaban J connectivity index is 1.36. The van der Waals surface area contributed by atoms with Crippen LogP contribution in [0.3, 0.4) is 0 Å². The summed E-state index contributed by atoms with van der Waals surface area (Å²) in [5.41, 5.74) is 2.22. The molecule has 30 heavy (non-hydrogen) atoms. The first-order chi connectivity index (χ1) is 14.5. The zero-order chi connectivity index (χ0) is 21.3. The number of carbonyl (C=O) groups excluding carboxylic acids is 4. The lowest BCUT2D eigenvalue weighted by molar-refractivity contribution is -0.154. The summed E-state index contributed by atoms with van der Waals surface area (Å²) in [6, 6.07) is 14.7. The van der Waals surface area contributed by atoms with Crippen molar-refractivity contribution in [3.8, 4) is 0 Å². The van der Waals surface area contributed by atoms with E-state index in [-0.39, 0.29) is 11.1 Å². The first kappa shape index (κ1) is 19.5. The monoisotopic (exact) mass is 405 g/mol. The highest BCUT2D eigenvalue weighted by atomic mass is 16.5. The largest absolute Gasteiger partial charge is 0.454 e. The zero-order valence-corrected chi connectivity index (χ0v) is 16.3. The standard InChI is InChI=1S/C22H19N3O5/c1-14(25-20(27)16-9-5-6-10-17(16)21(25)28)22(29)30-13-19(26)24-12-11-18(23-24)15-7-3-2-4-8-15/h2-10,14H,11-13H2,1H3. The molecule has 2 aromatic carbocycles. The highest BCUT2D eigenvalue weighted by Crippen LogP contribution is 2.24. The average Bonchev–Trinajstić information content (AvgIpc) is 3.36. The lowest BCUT2D eigenvalue weighted by atomic mass is 10.1. The Morgan fingerprint density at radius 1 is 1.00 bits per heavy atom. The molecule has 0 saturated carbocycles. The van der Waals surface area contributed by atoms with Crippen LogP contribution in [0.25, 0.3) is 0 Å². The number of amides is 3. The van der Waals surface area contributed by atoms with E-state index in [1.807, 2.05) is 30.3 Å². The number of hydrogen-bond acceptors (Lipinski definition) is 6. The van der Waals surface area contributed by atoms with Crippen molar-refractivity contribution in [2.24, 2.45) is 5.10 Å². The molecule has 3 amide bonds. The van der Waals surface area contributed by atoms with Gasteiger partial charge in [-0.2, -0.15) is 5.10 Å². The molecule has 152 valence electrons. The van der Waals surface area contributed by atoms with Crippen LogP contribution in [0.5, 0.6) is 0 Å². The normalized spacial score (nSPS) is 16.4. The molecule has 0 aliphatic carbocycles. The number of ether oxygens (including phenoxy) is 1. The molecule has 0 spiro atoms. The van der Waals surface area contributed by atoms with Gasteiger partial charge in [0.15, 0.2) is 6.61 Å². The van der Waals surface area contributed by atoms with Crippen molar-refractivity contribution >= 4 is 29.4 Å². The van der Waals surface area contributed by atoms with Crippen molar-refractivity contribution in [3.63, 3.8) is 0 Å². The summed E-state index contributed by atoms with van der Waals surface area (Å²) in [5, 5.41) is 5.57. The second kappa shape index (κ2) is 7.90. The molecule has 0 aromatic heterocycles. The Bertz CT molecular complexity index is 1030. The van der Waals surface area contributed by atoms with Crippen LogP contribution in [-0.4, -0.2) is 58.5 Å². The van der Waals surface area contributed by atoms with Gasteiger partial charge < -0.3 is 4.74 Å². The van der Waals surface area contributed by atoms with Crippen molar-refractivity contribution in [2.75, 3.05) is 13.2 Å². The lowest BCUT2D eigenvalue weighted by Gasteiger charge is -2.21. The van der Waals surface area contributed by atoms with E-state index >= 15 is 0 Å². The van der Waals surface area contributed by atoms with Gasteiger partial charge in [0.05, 0.1) is 23.4 Å². The zero-order valence-electron chi connectivity index (χ0n) is 16.3. The van der Waals surface area contributed by atoms with E-state index in [1.165, 1.54) is 24.1 Å². The van der Waals surface area contributed by atoms with Crippen LogP contribution in [0, 0.1) is 0 Å². The third-order valence-electron chi connectivity index (χ3n) is 5.09. The summed E-state index contributed by atoms with van der Waals surface area (Å²) in [5.74, 6) is -2.40. The predicted molar refractivity (Wildman–Crippen MR) is 107 cm³/mol. The summed E-state index contributed by atoms with van der Waals surface area (Å²) >= 11 is 0. The summed E-state index contributed by atoms with van der Waals surface area (Å²) < 4.78 is 5.08. The fourth-order valence-corrected chi connectivity index (χ4v) is 3.46. The molecular weight excluding hydrogens is 386 g/mol. The number of esters is 1. The maximum Gasteiger partial charge on any atom is 0.329 e. The maximum absolute atomic E-state index is 12.5. The number of rotatable bonds is 5. The van der Waals surface area contributed by atoms with Gasteiger partial charge in [-0.05, 0) is 24.6 Å². The first-order valence-corrected chi connectivity index (χ1v) is 9.54. The Kier molecular flexibility index (Phi) is 5.14. The van der Waals surface area contributed by atoms with E-state index in [1.54, 1.807) is 12.1 Å². The molecule has 0 fully saturated rings. The van der Waals surface area contributed by atoms with E-state index in [2.05, 4.69) is 5.10 Å². The summed E-state index contributed by atoms with van der Waals surface area (Å²) in [6.45, 7) is 1.28. The van der Waals surface area contributed by atoms with E-state index in [0.29, 0.717) is 13.0 Å². The van der Waals surface area contributed by atoms with Gasteiger partial charge in [-0.25, -0.2) is 9.80 Å². The molecule has 0 N–H and O–H groups in total. The molecule has 8 nitrogen and oxygen atoms in total. The molecule has 0 bridgehead atoms. The smallest absolute Gasteiger partial charge is 0.329 e. The molecule has 4 rings (SSSR count). The van der Waals surface area contributed by atoms with Crippen LogP contribution >= 0.6 is 0 Å². The second-order valence-electron chi connectivity index (χ2n) is 6.99. The molecule has 1 atom stereocenters. The summed E-state index contributed by atoms with van der Waals surface area (Å²) in [7, 11) is 0. The molecule has 8 heteroatoms. The SMILES string of the molecule is CC(C(=O)OCC(=O)N1CCC(c2ccccc2)=N1)N1C(=O)c2ccccc2C1=O. The van der Waals surface area contributed by atoms with Gasteiger partial charge in [0.25, 0.3) is 17.7 Å². The number of hydrogen-bond donors (Lipinski definition) is 0. The Labute approximate surface area is 172 Å². The Morgan fingerprint density at radius 2 is 1.60 bits per heavy atom. The van der Waals surface area contributed by atoms with E-state index in [0.717, 1.165) is 16.2 Å². The van der Waals surface area contributed by atoms with Gasteiger partial charge in [0.1, 0.15) is 6.04 Å². The first-order valence-electron chi connectivity index (χ1n) is 9.54. The Morgan fingerprint density at radius 3 is 2.23 bits per heavy atom. The molecule has 2 aliphatic rings. The highest BCUT2D eigenvalue weighted by Gasteiger charge is 2.41. The number of imide groups is 1. The third-order valence-corrected chi connectivity index (χ3v) is 5.09. The molecule has 0 radical (unpaired) electrons. The van der Waals surface area contributed by atoms with E-state index in [4.69, 9.17) is 4.74 Å². The van der Waals surface area contributed by atoms with Gasteiger partial charge in [0, 0.05) is 6.42 Å². The molecule has 2 heterocycles. The number of hydrazone groups is 1. The van der Waals surface area contributed by atoms with Gasteiger partial charge in [-0.3, -0.25) is 19.3 Å². The van der Waals surface area contributed by atoms with E-state index in [9.17, 15) is 19.2 Å². The van der Waals surface area contributed by atoms with E-state index < -0.39 is 36.3 Å². The lowest BCUT2D eigenvalue weighted by Crippen LogP contribution is -2.44.